The molecular formula is C16H19NO4S. The van der Waals surface area contributed by atoms with Crippen molar-refractivity contribution < 1.29 is 19.1 Å². The summed E-state index contributed by atoms with van der Waals surface area (Å²) in [6, 6.07) is 8.37. The number of thioether (sulfide) groups is 1. The van der Waals surface area contributed by atoms with Crippen molar-refractivity contribution in [1.29, 1.82) is 0 Å². The third-order valence-corrected chi connectivity index (χ3v) is 4.66. The number of hydrogen-bond donors (Lipinski definition) is 0. The second kappa shape index (κ2) is 7.45. The zero-order valence-electron chi connectivity index (χ0n) is 12.7. The smallest absolute Gasteiger partial charge is 0.329 e. The lowest BCUT2D eigenvalue weighted by atomic mass is 9.98. The molecule has 0 saturated carbocycles. The summed E-state index contributed by atoms with van der Waals surface area (Å²) in [7, 11) is 1.32. The van der Waals surface area contributed by atoms with Gasteiger partial charge < -0.3 is 9.64 Å². The van der Waals surface area contributed by atoms with E-state index in [1.807, 2.05) is 6.07 Å². The molecule has 22 heavy (non-hydrogen) atoms. The molecule has 5 nitrogen and oxygen atoms in total. The molecule has 1 fully saturated rings. The van der Waals surface area contributed by atoms with Crippen molar-refractivity contribution >= 4 is 29.4 Å². The van der Waals surface area contributed by atoms with Gasteiger partial charge in [0.05, 0.1) is 13.0 Å². The van der Waals surface area contributed by atoms with Crippen molar-refractivity contribution in [2.24, 2.45) is 5.92 Å². The Morgan fingerprint density at radius 2 is 2.00 bits per heavy atom. The Labute approximate surface area is 134 Å². The lowest BCUT2D eigenvalue weighted by molar-refractivity contribution is -0.151. The molecule has 0 aliphatic carbocycles. The number of amides is 1. The molecule has 118 valence electrons. The lowest BCUT2D eigenvalue weighted by Crippen LogP contribution is -2.45. The van der Waals surface area contributed by atoms with Crippen molar-refractivity contribution in [3.05, 3.63) is 35.9 Å². The van der Waals surface area contributed by atoms with Gasteiger partial charge in [-0.3, -0.25) is 9.59 Å². The van der Waals surface area contributed by atoms with Crippen LogP contribution in [0.3, 0.4) is 0 Å². The van der Waals surface area contributed by atoms with Gasteiger partial charge in [0.25, 0.3) is 0 Å². The maximum Gasteiger partial charge on any atom is 0.329 e. The Balaban J connectivity index is 2.00. The minimum atomic E-state index is -0.545. The minimum absolute atomic E-state index is 0.0667. The minimum Gasteiger partial charge on any atom is -0.467 e. The lowest BCUT2D eigenvalue weighted by Gasteiger charge is -2.24. The quantitative estimate of drug-likeness (QED) is 0.613. The summed E-state index contributed by atoms with van der Waals surface area (Å²) in [5.41, 5.74) is 0.600. The van der Waals surface area contributed by atoms with Gasteiger partial charge in [-0.1, -0.05) is 37.3 Å². The van der Waals surface area contributed by atoms with Crippen LogP contribution in [0.25, 0.3) is 0 Å². The SMILES string of the molecule is COC(=O)[C@@H]1CSCN1C(=O)[C@H](C)CC(=O)c1ccccc1. The molecule has 0 aromatic heterocycles. The Hall–Kier alpha value is -1.82. The summed E-state index contributed by atoms with van der Waals surface area (Å²) in [6.45, 7) is 1.72. The molecule has 6 heteroatoms. The third kappa shape index (κ3) is 3.68. The van der Waals surface area contributed by atoms with Crippen LogP contribution < -0.4 is 0 Å². The first-order chi connectivity index (χ1) is 10.5. The fourth-order valence-corrected chi connectivity index (χ4v) is 3.53. The van der Waals surface area contributed by atoms with Gasteiger partial charge >= 0.3 is 5.97 Å². The molecular weight excluding hydrogens is 302 g/mol. The number of methoxy groups -OCH3 is 1. The number of carbonyl (C=O) groups excluding carboxylic acids is 3. The van der Waals surface area contributed by atoms with Crippen LogP contribution >= 0.6 is 11.8 Å². The van der Waals surface area contributed by atoms with Crippen molar-refractivity contribution in [3.8, 4) is 0 Å². The molecule has 1 saturated heterocycles. The maximum atomic E-state index is 12.5. The first-order valence-corrected chi connectivity index (χ1v) is 8.24. The van der Waals surface area contributed by atoms with Crippen LogP contribution in [0.2, 0.25) is 0 Å². The number of nitrogens with zero attached hydrogens (tertiary/aromatic N) is 1. The highest BCUT2D eigenvalue weighted by Gasteiger charge is 2.37. The average Bonchev–Trinajstić information content (AvgIpc) is 3.03. The molecule has 1 amide bonds. The molecule has 1 heterocycles. The Kier molecular flexibility index (Phi) is 5.60. The van der Waals surface area contributed by atoms with E-state index in [0.717, 1.165) is 0 Å². The molecule has 1 aliphatic rings. The summed E-state index contributed by atoms with van der Waals surface area (Å²) < 4.78 is 4.73. The van der Waals surface area contributed by atoms with E-state index in [9.17, 15) is 14.4 Å². The fraction of sp³-hybridized carbons (Fsp3) is 0.438. The number of hydrogen-bond acceptors (Lipinski definition) is 5. The molecule has 0 spiro atoms. The predicted octanol–water partition coefficient (Wildman–Crippen LogP) is 1.97. The second-order valence-corrected chi connectivity index (χ2v) is 6.24. The molecule has 0 N–H and O–H groups in total. The summed E-state index contributed by atoms with van der Waals surface area (Å²) >= 11 is 1.51. The molecule has 0 unspecified atom stereocenters. The number of rotatable bonds is 5. The highest BCUT2D eigenvalue weighted by Crippen LogP contribution is 2.25. The van der Waals surface area contributed by atoms with Crippen LogP contribution in [0, 0.1) is 5.92 Å². The van der Waals surface area contributed by atoms with Crippen LogP contribution in [0.1, 0.15) is 23.7 Å². The van der Waals surface area contributed by atoms with E-state index in [-0.39, 0.29) is 18.1 Å². The van der Waals surface area contributed by atoms with E-state index >= 15 is 0 Å². The van der Waals surface area contributed by atoms with E-state index in [1.54, 1.807) is 31.2 Å². The molecule has 0 radical (unpaired) electrons. The maximum absolute atomic E-state index is 12.5. The van der Waals surface area contributed by atoms with E-state index in [0.29, 0.717) is 17.2 Å². The number of benzene rings is 1. The summed E-state index contributed by atoms with van der Waals surface area (Å²) in [4.78, 5) is 37.9. The zero-order valence-corrected chi connectivity index (χ0v) is 13.5. The number of ketones is 1. The van der Waals surface area contributed by atoms with Crippen molar-refractivity contribution in [1.82, 2.24) is 4.90 Å². The Bertz CT molecular complexity index is 561. The monoisotopic (exact) mass is 321 g/mol. The van der Waals surface area contributed by atoms with Crippen LogP contribution in [-0.4, -0.2) is 47.3 Å². The van der Waals surface area contributed by atoms with Gasteiger partial charge in [0.2, 0.25) is 5.91 Å². The van der Waals surface area contributed by atoms with Gasteiger partial charge in [-0.25, -0.2) is 4.79 Å². The normalized spacial score (nSPS) is 18.8. The van der Waals surface area contributed by atoms with E-state index in [2.05, 4.69) is 0 Å². The van der Waals surface area contributed by atoms with Crippen LogP contribution in [0.4, 0.5) is 0 Å². The Morgan fingerprint density at radius 1 is 1.32 bits per heavy atom. The van der Waals surface area contributed by atoms with Gasteiger partial charge in [0.1, 0.15) is 6.04 Å². The van der Waals surface area contributed by atoms with Crippen LogP contribution in [0.5, 0.6) is 0 Å². The van der Waals surface area contributed by atoms with E-state index in [1.165, 1.54) is 23.8 Å². The second-order valence-electron chi connectivity index (χ2n) is 5.24. The number of Topliss-reactive ketones (excluding diaryl/α,β-unsaturated/α-hetero) is 1. The molecule has 0 bridgehead atoms. The molecule has 1 aliphatic heterocycles. The van der Waals surface area contributed by atoms with Crippen LogP contribution in [-0.2, 0) is 14.3 Å². The van der Waals surface area contributed by atoms with E-state index in [4.69, 9.17) is 4.74 Å². The first-order valence-electron chi connectivity index (χ1n) is 7.09. The van der Waals surface area contributed by atoms with Gasteiger partial charge in [0.15, 0.2) is 5.78 Å². The average molecular weight is 321 g/mol. The molecule has 1 aromatic carbocycles. The standard InChI is InChI=1S/C16H19NO4S/c1-11(8-14(18)12-6-4-3-5-7-12)15(19)17-10-22-9-13(17)16(20)21-2/h3-7,11,13H,8-10H2,1-2H3/t11-,13+/m1/s1. The van der Waals surface area contributed by atoms with Crippen molar-refractivity contribution in [2.75, 3.05) is 18.7 Å². The van der Waals surface area contributed by atoms with Crippen molar-refractivity contribution in [2.45, 2.75) is 19.4 Å². The van der Waals surface area contributed by atoms with E-state index < -0.39 is 17.9 Å². The fourth-order valence-electron chi connectivity index (χ4n) is 2.38. The number of carbonyl (C=O) groups is 3. The van der Waals surface area contributed by atoms with Gasteiger partial charge in [-0.2, -0.15) is 0 Å². The predicted molar refractivity (Wildman–Crippen MR) is 84.5 cm³/mol. The van der Waals surface area contributed by atoms with Crippen molar-refractivity contribution in [3.63, 3.8) is 0 Å². The van der Waals surface area contributed by atoms with Gasteiger partial charge in [0, 0.05) is 23.7 Å². The summed E-state index contributed by atoms with van der Waals surface area (Å²) in [6.07, 6.45) is 0.137. The molecule has 2 rings (SSSR count). The molecule has 2 atom stereocenters. The zero-order chi connectivity index (χ0) is 16.1. The summed E-state index contributed by atoms with van der Waals surface area (Å²) in [5.74, 6) is -0.105. The number of ether oxygens (including phenoxy) is 1. The van der Waals surface area contributed by atoms with Gasteiger partial charge in [-0.15, -0.1) is 11.8 Å². The third-order valence-electron chi connectivity index (χ3n) is 3.65. The largest absolute Gasteiger partial charge is 0.467 e. The number of esters is 1. The highest BCUT2D eigenvalue weighted by molar-refractivity contribution is 7.99. The van der Waals surface area contributed by atoms with Gasteiger partial charge in [-0.05, 0) is 0 Å². The highest BCUT2D eigenvalue weighted by atomic mass is 32.2. The summed E-state index contributed by atoms with van der Waals surface area (Å²) in [5, 5.41) is 0. The molecule has 1 aromatic rings. The Morgan fingerprint density at radius 3 is 2.64 bits per heavy atom. The first kappa shape index (κ1) is 16.5. The topological polar surface area (TPSA) is 63.7 Å². The van der Waals surface area contributed by atoms with Crippen LogP contribution in [0.15, 0.2) is 30.3 Å².